The van der Waals surface area contributed by atoms with E-state index in [1.807, 2.05) is 16.9 Å². The Morgan fingerprint density at radius 3 is 2.73 bits per heavy atom. The number of fused-ring (bicyclic) bond motifs is 8. The lowest BCUT2D eigenvalue weighted by atomic mass is 9.93. The first-order chi connectivity index (χ1) is 14.7. The lowest BCUT2D eigenvalue weighted by Crippen LogP contribution is -2.15. The molecule has 0 saturated carbocycles. The standard InChI is InChI=1S/C27H20N2O/c1-16-13-14-20-25-27(30-26(20)23(16)22-12-5-6-15-28(22)2)19-10-7-9-18-17-8-3-4-11-21(17)29(25)24(18)19/h3-15,25,27H,2H2,1H3. The van der Waals surface area contributed by atoms with Crippen molar-refractivity contribution in [1.82, 2.24) is 4.57 Å². The summed E-state index contributed by atoms with van der Waals surface area (Å²) in [5, 5.41) is 2.63. The summed E-state index contributed by atoms with van der Waals surface area (Å²) in [5.74, 6) is 0.994. The zero-order chi connectivity index (χ0) is 20.0. The van der Waals surface area contributed by atoms with Crippen molar-refractivity contribution in [2.45, 2.75) is 19.1 Å². The van der Waals surface area contributed by atoms with Crippen molar-refractivity contribution in [2.24, 2.45) is 0 Å². The van der Waals surface area contributed by atoms with Crippen LogP contribution in [0.3, 0.4) is 0 Å². The van der Waals surface area contributed by atoms with Gasteiger partial charge < -0.3 is 9.30 Å². The van der Waals surface area contributed by atoms with Gasteiger partial charge in [0.15, 0.2) is 6.04 Å². The fourth-order valence-electron chi connectivity index (χ4n) is 5.54. The molecule has 4 heterocycles. The van der Waals surface area contributed by atoms with Crippen LogP contribution in [0.4, 0.5) is 0 Å². The maximum atomic E-state index is 6.77. The van der Waals surface area contributed by atoms with Crippen LogP contribution in [0.5, 0.6) is 5.75 Å². The lowest BCUT2D eigenvalue weighted by molar-refractivity contribution is -0.417. The molecule has 2 atom stereocenters. The number of ether oxygens (including phenoxy) is 1. The largest absolute Gasteiger partial charge is 0.511 e. The number of rotatable bonds is 1. The van der Waals surface area contributed by atoms with Crippen molar-refractivity contribution < 1.29 is 9.31 Å². The summed E-state index contributed by atoms with van der Waals surface area (Å²) in [5.41, 5.74) is 7.47. The average Bonchev–Trinajstić information content (AvgIpc) is 3.40. The third-order valence-corrected chi connectivity index (χ3v) is 6.79. The molecule has 3 aliphatic heterocycles. The van der Waals surface area contributed by atoms with E-state index in [9.17, 15) is 0 Å². The molecule has 0 saturated heterocycles. The van der Waals surface area contributed by atoms with Gasteiger partial charge in [0.25, 0.3) is 0 Å². The molecule has 0 spiro atoms. The fraction of sp³-hybridized carbons (Fsp3) is 0.111. The Balaban J connectivity index is 1.52. The zero-order valence-electron chi connectivity index (χ0n) is 16.7. The number of aromatic nitrogens is 1. The predicted octanol–water partition coefficient (Wildman–Crippen LogP) is 5.82. The van der Waals surface area contributed by atoms with Crippen LogP contribution in [0.15, 0.2) is 79.0 Å². The Labute approximate surface area is 174 Å². The van der Waals surface area contributed by atoms with Crippen molar-refractivity contribution in [3.63, 3.8) is 0 Å². The molecular formula is C27H20N2O. The molecule has 0 aliphatic carbocycles. The molecule has 30 heavy (non-hydrogen) atoms. The van der Waals surface area contributed by atoms with Crippen LogP contribution in [0.1, 0.15) is 34.4 Å². The zero-order valence-corrected chi connectivity index (χ0v) is 16.7. The first-order valence-corrected chi connectivity index (χ1v) is 10.4. The number of hydrogen-bond donors (Lipinski definition) is 0. The van der Waals surface area contributed by atoms with Crippen LogP contribution < -0.4 is 4.74 Å². The quantitative estimate of drug-likeness (QED) is 0.297. The van der Waals surface area contributed by atoms with E-state index in [0.29, 0.717) is 0 Å². The molecule has 0 amide bonds. The van der Waals surface area contributed by atoms with Crippen LogP contribution in [0.25, 0.3) is 21.8 Å². The molecule has 3 heteroatoms. The SMILES string of the molecule is C=[N+]1C=CC=C[C-]1c1c(C)ccc2c1OC1c3cccc4c5ccccc5n(c34)C21. The highest BCUT2D eigenvalue weighted by molar-refractivity contribution is 6.10. The van der Waals surface area contributed by atoms with E-state index in [0.717, 1.165) is 17.4 Å². The Kier molecular flexibility index (Phi) is 2.93. The average molecular weight is 388 g/mol. The van der Waals surface area contributed by atoms with Gasteiger partial charge in [-0.2, -0.15) is 0 Å². The molecule has 3 aromatic carbocycles. The van der Waals surface area contributed by atoms with Crippen molar-refractivity contribution in [3.05, 3.63) is 107 Å². The summed E-state index contributed by atoms with van der Waals surface area (Å²) in [6.45, 7) is 6.34. The number of aryl methyl sites for hydroxylation is 1. The molecule has 144 valence electrons. The second kappa shape index (κ2) is 5.45. The van der Waals surface area contributed by atoms with Gasteiger partial charge in [0.1, 0.15) is 12.3 Å². The van der Waals surface area contributed by atoms with Gasteiger partial charge in [0, 0.05) is 27.4 Å². The maximum absolute atomic E-state index is 6.77. The van der Waals surface area contributed by atoms with Crippen LogP contribution in [-0.2, 0) is 0 Å². The summed E-state index contributed by atoms with van der Waals surface area (Å²) in [4.78, 5) is 0. The van der Waals surface area contributed by atoms with Gasteiger partial charge in [0.05, 0.1) is 24.0 Å². The van der Waals surface area contributed by atoms with Crippen LogP contribution in [-0.4, -0.2) is 15.9 Å². The molecule has 2 unspecified atom stereocenters. The van der Waals surface area contributed by atoms with Crippen LogP contribution in [0.2, 0.25) is 0 Å². The maximum Gasteiger partial charge on any atom is 0.150 e. The minimum Gasteiger partial charge on any atom is -0.511 e. The Morgan fingerprint density at radius 1 is 0.967 bits per heavy atom. The minimum absolute atomic E-state index is 0.00540. The van der Waals surface area contributed by atoms with Gasteiger partial charge in [-0.25, -0.2) is 0 Å². The van der Waals surface area contributed by atoms with E-state index in [1.54, 1.807) is 0 Å². The smallest absolute Gasteiger partial charge is 0.150 e. The number of hydrogen-bond acceptors (Lipinski definition) is 1. The summed E-state index contributed by atoms with van der Waals surface area (Å²) >= 11 is 0. The first-order valence-electron chi connectivity index (χ1n) is 10.4. The first kappa shape index (κ1) is 16.1. The predicted molar refractivity (Wildman–Crippen MR) is 120 cm³/mol. The highest BCUT2D eigenvalue weighted by Crippen LogP contribution is 2.57. The van der Waals surface area contributed by atoms with Gasteiger partial charge in [0.2, 0.25) is 0 Å². The monoisotopic (exact) mass is 388 g/mol. The molecule has 0 radical (unpaired) electrons. The lowest BCUT2D eigenvalue weighted by Gasteiger charge is -2.22. The summed E-state index contributed by atoms with van der Waals surface area (Å²) in [6, 6.07) is 21.0. The Hall–Kier alpha value is -3.72. The molecule has 0 N–H and O–H groups in total. The second-order valence-electron chi connectivity index (χ2n) is 8.35. The molecular weight excluding hydrogens is 368 g/mol. The molecule has 3 nitrogen and oxygen atoms in total. The third-order valence-electron chi connectivity index (χ3n) is 6.79. The number of allylic oxidation sites excluding steroid dienone is 2. The summed E-state index contributed by atoms with van der Waals surface area (Å²) < 4.78 is 11.2. The topological polar surface area (TPSA) is 17.2 Å². The molecule has 3 aliphatic rings. The molecule has 7 rings (SSSR count). The van der Waals surface area contributed by atoms with Gasteiger partial charge in [-0.15, -0.1) is 6.08 Å². The van der Waals surface area contributed by atoms with Gasteiger partial charge in [-0.05, 0) is 17.7 Å². The third kappa shape index (κ3) is 1.81. The Morgan fingerprint density at radius 2 is 1.83 bits per heavy atom. The van der Waals surface area contributed by atoms with Crippen LogP contribution in [0, 0.1) is 13.0 Å². The molecule has 0 fully saturated rings. The summed E-state index contributed by atoms with van der Waals surface area (Å²) in [7, 11) is 0. The Bertz CT molecular complexity index is 1470. The van der Waals surface area contributed by atoms with E-state index in [-0.39, 0.29) is 12.1 Å². The summed E-state index contributed by atoms with van der Waals surface area (Å²) in [6.07, 6.45) is 8.17. The van der Waals surface area contributed by atoms with Crippen molar-refractivity contribution in [1.29, 1.82) is 0 Å². The van der Waals surface area contributed by atoms with Gasteiger partial charge in [-0.1, -0.05) is 67.1 Å². The number of benzene rings is 3. The highest BCUT2D eigenvalue weighted by Gasteiger charge is 2.45. The highest BCUT2D eigenvalue weighted by atomic mass is 16.5. The van der Waals surface area contributed by atoms with Crippen molar-refractivity contribution >= 4 is 28.5 Å². The minimum atomic E-state index is 0.00540. The van der Waals surface area contributed by atoms with E-state index in [1.165, 1.54) is 38.5 Å². The fourth-order valence-corrected chi connectivity index (χ4v) is 5.54. The van der Waals surface area contributed by atoms with Gasteiger partial charge >= 0.3 is 0 Å². The van der Waals surface area contributed by atoms with Gasteiger partial charge in [-0.3, -0.25) is 4.58 Å². The van der Waals surface area contributed by atoms with Crippen LogP contribution >= 0.6 is 0 Å². The number of para-hydroxylation sites is 2. The molecule has 4 aromatic rings. The second-order valence-corrected chi connectivity index (χ2v) is 8.35. The van der Waals surface area contributed by atoms with E-state index in [4.69, 9.17) is 4.74 Å². The van der Waals surface area contributed by atoms with E-state index in [2.05, 4.69) is 85.0 Å². The normalized spacial score (nSPS) is 20.8. The molecule has 0 bridgehead atoms. The van der Waals surface area contributed by atoms with E-state index < -0.39 is 0 Å². The van der Waals surface area contributed by atoms with Crippen molar-refractivity contribution in [3.8, 4) is 5.75 Å². The van der Waals surface area contributed by atoms with Crippen molar-refractivity contribution in [2.75, 3.05) is 0 Å². The van der Waals surface area contributed by atoms with E-state index >= 15 is 0 Å². The molecule has 1 aromatic heterocycles. The number of nitrogens with zero attached hydrogens (tertiary/aromatic N) is 2.